The smallest absolute Gasteiger partial charge is 0.220 e. The van der Waals surface area contributed by atoms with Crippen LogP contribution in [0.2, 0.25) is 0 Å². The third-order valence-corrected chi connectivity index (χ3v) is 2.08. The molecule has 14 heavy (non-hydrogen) atoms. The van der Waals surface area contributed by atoms with Crippen LogP contribution in [-0.4, -0.2) is 35.9 Å². The van der Waals surface area contributed by atoms with Crippen molar-refractivity contribution in [2.45, 2.75) is 32.6 Å². The molecule has 0 rings (SSSR count). The summed E-state index contributed by atoms with van der Waals surface area (Å²) in [5.41, 5.74) is 0. The Morgan fingerprint density at radius 3 is 2.57 bits per heavy atom. The van der Waals surface area contributed by atoms with Crippen molar-refractivity contribution in [1.29, 1.82) is 0 Å². The van der Waals surface area contributed by atoms with Gasteiger partial charge in [0.05, 0.1) is 0 Å². The lowest BCUT2D eigenvalue weighted by molar-refractivity contribution is -0.121. The molecule has 1 atom stereocenters. The minimum Gasteiger partial charge on any atom is -0.396 e. The van der Waals surface area contributed by atoms with E-state index in [0.29, 0.717) is 25.3 Å². The average molecular weight is 203 g/mol. The van der Waals surface area contributed by atoms with Gasteiger partial charge < -0.3 is 15.5 Å². The van der Waals surface area contributed by atoms with Crippen molar-refractivity contribution in [3.8, 4) is 0 Å². The second kappa shape index (κ2) is 8.97. The van der Waals surface area contributed by atoms with Crippen LogP contribution in [0, 0.1) is 5.92 Å². The highest BCUT2D eigenvalue weighted by atomic mass is 16.3. The van der Waals surface area contributed by atoms with Gasteiger partial charge in [-0.2, -0.15) is 0 Å². The van der Waals surface area contributed by atoms with E-state index in [-0.39, 0.29) is 19.1 Å². The highest BCUT2D eigenvalue weighted by Crippen LogP contribution is 1.99. The lowest BCUT2D eigenvalue weighted by Gasteiger charge is -2.10. The monoisotopic (exact) mass is 203 g/mol. The molecule has 0 aliphatic rings. The Kier molecular flexibility index (Phi) is 8.57. The Morgan fingerprint density at radius 1 is 1.29 bits per heavy atom. The Labute approximate surface area is 85.3 Å². The van der Waals surface area contributed by atoms with E-state index in [0.717, 1.165) is 12.8 Å². The molecule has 0 radical (unpaired) electrons. The molecule has 0 fully saturated rings. The number of carbonyl (C=O) groups excluding carboxylic acids is 1. The number of hydrogen-bond donors (Lipinski definition) is 3. The summed E-state index contributed by atoms with van der Waals surface area (Å²) in [4.78, 5) is 11.2. The largest absolute Gasteiger partial charge is 0.396 e. The molecule has 3 N–H and O–H groups in total. The maximum absolute atomic E-state index is 11.2. The van der Waals surface area contributed by atoms with E-state index in [1.165, 1.54) is 0 Å². The van der Waals surface area contributed by atoms with E-state index in [4.69, 9.17) is 10.2 Å². The fourth-order valence-corrected chi connectivity index (χ4v) is 1.10. The summed E-state index contributed by atoms with van der Waals surface area (Å²) < 4.78 is 0. The molecule has 4 heteroatoms. The molecule has 0 saturated heterocycles. The van der Waals surface area contributed by atoms with Crippen molar-refractivity contribution in [3.63, 3.8) is 0 Å². The molecule has 0 aromatic heterocycles. The van der Waals surface area contributed by atoms with E-state index in [1.54, 1.807) is 0 Å². The number of amides is 1. The van der Waals surface area contributed by atoms with Gasteiger partial charge in [0.1, 0.15) is 0 Å². The highest BCUT2D eigenvalue weighted by molar-refractivity contribution is 5.75. The summed E-state index contributed by atoms with van der Waals surface area (Å²) in [5.74, 6) is 0.352. The molecule has 84 valence electrons. The molecule has 0 aromatic rings. The van der Waals surface area contributed by atoms with E-state index in [9.17, 15) is 4.79 Å². The van der Waals surface area contributed by atoms with Crippen molar-refractivity contribution in [1.82, 2.24) is 5.32 Å². The van der Waals surface area contributed by atoms with E-state index < -0.39 is 0 Å². The number of carbonyl (C=O) groups is 1. The topological polar surface area (TPSA) is 69.6 Å². The SMILES string of the molecule is CC(CCO)CNC(=O)CCCCO. The standard InChI is InChI=1S/C10H21NO3/c1-9(5-7-13)8-11-10(14)4-2-3-6-12/h9,12-13H,2-8H2,1H3,(H,11,14). The minimum absolute atomic E-state index is 0.0308. The summed E-state index contributed by atoms with van der Waals surface area (Å²) in [6, 6.07) is 0. The molecule has 0 heterocycles. The van der Waals surface area contributed by atoms with Gasteiger partial charge in [0, 0.05) is 26.2 Å². The van der Waals surface area contributed by atoms with Gasteiger partial charge in [0.2, 0.25) is 5.91 Å². The molecule has 1 unspecified atom stereocenters. The van der Waals surface area contributed by atoms with Crippen LogP contribution in [0.3, 0.4) is 0 Å². The van der Waals surface area contributed by atoms with Gasteiger partial charge in [-0.1, -0.05) is 6.92 Å². The number of hydrogen-bond acceptors (Lipinski definition) is 3. The lowest BCUT2D eigenvalue weighted by Crippen LogP contribution is -2.28. The Balaban J connectivity index is 3.34. The summed E-state index contributed by atoms with van der Waals surface area (Å²) >= 11 is 0. The molecule has 1 amide bonds. The summed E-state index contributed by atoms with van der Waals surface area (Å²) in [5, 5.41) is 19.9. The Bertz CT molecular complexity index is 150. The van der Waals surface area contributed by atoms with Crippen molar-refractivity contribution in [3.05, 3.63) is 0 Å². The number of aliphatic hydroxyl groups excluding tert-OH is 2. The second-order valence-electron chi connectivity index (χ2n) is 3.60. The summed E-state index contributed by atoms with van der Waals surface area (Å²) in [6.07, 6.45) is 2.61. The Hall–Kier alpha value is -0.610. The molecule has 4 nitrogen and oxygen atoms in total. The first kappa shape index (κ1) is 13.4. The first-order valence-corrected chi connectivity index (χ1v) is 5.19. The molecule has 0 aliphatic heterocycles. The third kappa shape index (κ3) is 8.01. The molecular weight excluding hydrogens is 182 g/mol. The quantitative estimate of drug-likeness (QED) is 0.496. The summed E-state index contributed by atoms with van der Waals surface area (Å²) in [6.45, 7) is 2.93. The van der Waals surface area contributed by atoms with Gasteiger partial charge in [-0.3, -0.25) is 4.79 Å². The lowest BCUT2D eigenvalue weighted by atomic mass is 10.1. The van der Waals surface area contributed by atoms with Crippen molar-refractivity contribution < 1.29 is 15.0 Å². The van der Waals surface area contributed by atoms with Crippen LogP contribution < -0.4 is 5.32 Å². The van der Waals surface area contributed by atoms with Crippen molar-refractivity contribution in [2.24, 2.45) is 5.92 Å². The first-order chi connectivity index (χ1) is 6.70. The maximum atomic E-state index is 11.2. The zero-order valence-electron chi connectivity index (χ0n) is 8.83. The normalized spacial score (nSPS) is 12.5. The zero-order valence-corrected chi connectivity index (χ0v) is 8.83. The van der Waals surface area contributed by atoms with Gasteiger partial charge >= 0.3 is 0 Å². The van der Waals surface area contributed by atoms with Gasteiger partial charge in [0.15, 0.2) is 0 Å². The minimum atomic E-state index is 0.0308. The molecular formula is C10H21NO3. The van der Waals surface area contributed by atoms with Crippen LogP contribution in [-0.2, 0) is 4.79 Å². The molecule has 0 spiro atoms. The van der Waals surface area contributed by atoms with E-state index in [2.05, 4.69) is 5.32 Å². The molecule has 0 aromatic carbocycles. The predicted octanol–water partition coefficient (Wildman–Crippen LogP) is 0.284. The highest BCUT2D eigenvalue weighted by Gasteiger charge is 2.04. The van der Waals surface area contributed by atoms with Gasteiger partial charge in [-0.15, -0.1) is 0 Å². The number of nitrogens with one attached hydrogen (secondary N) is 1. The van der Waals surface area contributed by atoms with Crippen LogP contribution in [0.25, 0.3) is 0 Å². The van der Waals surface area contributed by atoms with Crippen LogP contribution in [0.1, 0.15) is 32.6 Å². The fourth-order valence-electron chi connectivity index (χ4n) is 1.10. The molecule has 0 saturated carbocycles. The van der Waals surface area contributed by atoms with E-state index >= 15 is 0 Å². The van der Waals surface area contributed by atoms with Gasteiger partial charge in [-0.05, 0) is 25.2 Å². The second-order valence-corrected chi connectivity index (χ2v) is 3.60. The Morgan fingerprint density at radius 2 is 2.00 bits per heavy atom. The summed E-state index contributed by atoms with van der Waals surface area (Å²) in [7, 11) is 0. The van der Waals surface area contributed by atoms with Crippen LogP contribution in [0.15, 0.2) is 0 Å². The molecule has 0 aliphatic carbocycles. The third-order valence-electron chi connectivity index (χ3n) is 2.08. The average Bonchev–Trinajstić information content (AvgIpc) is 2.16. The van der Waals surface area contributed by atoms with E-state index in [1.807, 2.05) is 6.92 Å². The fraction of sp³-hybridized carbons (Fsp3) is 0.900. The van der Waals surface area contributed by atoms with Crippen LogP contribution >= 0.6 is 0 Å². The van der Waals surface area contributed by atoms with Gasteiger partial charge in [0.25, 0.3) is 0 Å². The number of aliphatic hydroxyl groups is 2. The van der Waals surface area contributed by atoms with Crippen molar-refractivity contribution >= 4 is 5.91 Å². The predicted molar refractivity (Wildman–Crippen MR) is 54.8 cm³/mol. The van der Waals surface area contributed by atoms with Crippen LogP contribution in [0.5, 0.6) is 0 Å². The van der Waals surface area contributed by atoms with Crippen molar-refractivity contribution in [2.75, 3.05) is 19.8 Å². The maximum Gasteiger partial charge on any atom is 0.220 e. The number of unbranched alkanes of at least 4 members (excludes halogenated alkanes) is 1. The first-order valence-electron chi connectivity index (χ1n) is 5.19. The number of rotatable bonds is 8. The molecule has 0 bridgehead atoms. The van der Waals surface area contributed by atoms with Gasteiger partial charge in [-0.25, -0.2) is 0 Å². The zero-order chi connectivity index (χ0) is 10.8. The van der Waals surface area contributed by atoms with Crippen LogP contribution in [0.4, 0.5) is 0 Å².